The molecule has 8 atom stereocenters. The second-order valence-electron chi connectivity index (χ2n) is 32.7. The molecular formula is C92H131N13O19S. The summed E-state index contributed by atoms with van der Waals surface area (Å²) in [7, 11) is 1.94. The molecule has 0 saturated carbocycles. The molecule has 4 aromatic carbocycles. The molecule has 684 valence electrons. The molecule has 0 bridgehead atoms. The zero-order valence-electron chi connectivity index (χ0n) is 74.4. The van der Waals surface area contributed by atoms with Gasteiger partial charge in [-0.2, -0.15) is 0 Å². The minimum Gasteiger partial charge on any atom is -0.481 e. The molecule has 5 aromatic rings. The lowest BCUT2D eigenvalue weighted by molar-refractivity contribution is -0.213. The van der Waals surface area contributed by atoms with E-state index in [0.717, 1.165) is 60.9 Å². The van der Waals surface area contributed by atoms with E-state index in [-0.39, 0.29) is 151 Å². The number of nitrogens with one attached hydrogen (secondary N) is 8. The number of hydrogen-bond acceptors (Lipinski definition) is 21. The number of carbonyl (C=O) groups excluding carboxylic acids is 10. The molecule has 0 aliphatic carbocycles. The lowest BCUT2D eigenvalue weighted by Crippen LogP contribution is -2.58. The number of ether oxygens (including phenoxy) is 6. The highest BCUT2D eigenvalue weighted by atomic mass is 32.1. The van der Waals surface area contributed by atoms with E-state index in [9.17, 15) is 53.1 Å². The molecule has 7 rings (SSSR count). The highest BCUT2D eigenvalue weighted by Crippen LogP contribution is 2.34. The number of piperidine rings is 1. The van der Waals surface area contributed by atoms with Crippen molar-refractivity contribution in [2.45, 2.75) is 221 Å². The van der Waals surface area contributed by atoms with Gasteiger partial charge in [-0.3, -0.25) is 58.2 Å². The first kappa shape index (κ1) is 102. The molecular weight excluding hydrogens is 1620 g/mol. The molecule has 11 amide bonds. The van der Waals surface area contributed by atoms with E-state index < -0.39 is 89.4 Å². The van der Waals surface area contributed by atoms with Crippen LogP contribution in [0.5, 0.6) is 0 Å². The third-order valence-corrected chi connectivity index (χ3v) is 22.6. The van der Waals surface area contributed by atoms with Crippen LogP contribution in [-0.4, -0.2) is 214 Å². The Morgan fingerprint density at radius 2 is 1.31 bits per heavy atom. The van der Waals surface area contributed by atoms with Crippen LogP contribution in [-0.2, 0) is 91.2 Å². The average molecular weight is 1760 g/mol. The quantitative estimate of drug-likeness (QED) is 0.00982. The van der Waals surface area contributed by atoms with E-state index in [4.69, 9.17) is 44.0 Å². The number of urea groups is 1. The Morgan fingerprint density at radius 1 is 0.664 bits per heavy atom. The third kappa shape index (κ3) is 34.8. The van der Waals surface area contributed by atoms with Crippen molar-refractivity contribution in [2.24, 2.45) is 28.9 Å². The first-order valence-electron chi connectivity index (χ1n) is 43.7. The van der Waals surface area contributed by atoms with Crippen molar-refractivity contribution in [3.8, 4) is 11.8 Å². The first-order chi connectivity index (χ1) is 60.0. The van der Waals surface area contributed by atoms with Gasteiger partial charge in [-0.15, -0.1) is 11.3 Å². The van der Waals surface area contributed by atoms with Crippen molar-refractivity contribution in [1.82, 2.24) is 46.8 Å². The van der Waals surface area contributed by atoms with Gasteiger partial charge in [0, 0.05) is 79.3 Å². The average Bonchev–Trinajstić information content (AvgIpc) is 1.81. The van der Waals surface area contributed by atoms with Crippen LogP contribution in [0.2, 0.25) is 0 Å². The maximum Gasteiger partial charge on any atom is 0.411 e. The Hall–Kier alpha value is -10.4. The molecule has 1 aromatic heterocycles. The number of anilines is 3. The maximum atomic E-state index is 15.0. The fourth-order valence-electron chi connectivity index (χ4n) is 14.2. The molecule has 2 aliphatic heterocycles. The largest absolute Gasteiger partial charge is 0.481 e. The number of carboxylic acids is 1. The normalized spacial score (nSPS) is 14.9. The monoisotopic (exact) mass is 1750 g/mol. The summed E-state index contributed by atoms with van der Waals surface area (Å²) in [5.74, 6) is 1.46. The number of likely N-dealkylation sites (N-methyl/N-ethyl adjacent to an activating group) is 1. The van der Waals surface area contributed by atoms with Crippen LogP contribution in [0.1, 0.15) is 209 Å². The Kier molecular flexibility index (Phi) is 43.7. The van der Waals surface area contributed by atoms with E-state index in [0.29, 0.717) is 80.1 Å². The van der Waals surface area contributed by atoms with E-state index in [1.54, 1.807) is 86.5 Å². The third-order valence-electron chi connectivity index (χ3n) is 21.7. The van der Waals surface area contributed by atoms with Gasteiger partial charge in [0.2, 0.25) is 35.4 Å². The lowest BCUT2D eigenvalue weighted by atomic mass is 9.84. The number of hydroxylamine groups is 2. The molecule has 1 saturated heterocycles. The number of primary amides is 1. The minimum atomic E-state index is -1.26. The zero-order chi connectivity index (χ0) is 90.8. The number of nitrogens with zero attached hydrogens (tertiary/aromatic N) is 4. The van der Waals surface area contributed by atoms with Crippen molar-refractivity contribution in [3.05, 3.63) is 141 Å². The van der Waals surface area contributed by atoms with Gasteiger partial charge in [0.15, 0.2) is 0 Å². The van der Waals surface area contributed by atoms with E-state index in [1.807, 2.05) is 95.1 Å². The fourth-order valence-corrected chi connectivity index (χ4v) is 15.0. The van der Waals surface area contributed by atoms with E-state index >= 15 is 4.79 Å². The Labute approximate surface area is 739 Å². The summed E-state index contributed by atoms with van der Waals surface area (Å²) >= 11 is 1.24. The maximum absolute atomic E-state index is 15.0. The standard InChI is InChI=1S/C92H131N13O19S/c1-12-15-22-46-124-105(88(113)82(63(8)13-2)102-85(111)75-29-20-21-45-103(75)11)76(61(4)5)56-77(122-14-3)87-100-73(60-125-87)84(110)97-71(57-92(9,10)89(114)115)55-64-30-36-70(37-31-64)98-91(117)123-59-65-32-38-69(39-33-65)96-83(109)72(27-23-43-95-90(93)116)99-86(112)81(62(6)7)101-79(107)42-47-118-49-51-120-53-54-121-52-50-119-48-44-94-78(106)40-41-80(108)104-58-68-26-17-16-24-66(68)34-35-67-25-18-19-28-74(67)104/h16-19,24-26,28,30-33,36-39,60-63,71-72,75-77,81-82H,12-15,20-23,27,29,40-59H2,1-11H3,(H,94,106)(H,96,109)(H,97,110)(H,98,117)(H,99,112)(H,101,107)(H,102,111)(H,114,115)(H3,93,95,116)/t63-,71-,72-,75+,76+,77+,81-,82-/m0/s1. The number of carboxylic acid groups (broad SMARTS) is 1. The number of benzene rings is 4. The molecule has 0 radical (unpaired) electrons. The number of aromatic nitrogens is 1. The number of likely N-dealkylation sites (tertiary alicyclic amines) is 1. The van der Waals surface area contributed by atoms with Gasteiger partial charge in [0.25, 0.3) is 11.8 Å². The summed E-state index contributed by atoms with van der Waals surface area (Å²) in [5, 5.41) is 36.4. The SMILES string of the molecule is CCCCCON(C(=O)[C@@H](NC(=O)[C@H]1CCCCN1C)[C@@H](C)CC)[C@H](C[C@@H](OCC)c1nc(C(=O)N[C@@H](Cc2ccc(NC(=O)OCc3ccc(NC(=O)[C@H](CCCNC(N)=O)NC(=O)[C@@H](NC(=O)CCOCCOCCOCCOCCNC(=O)CCC(=O)N4Cc5ccccc5C#Cc5ccccc54)C(C)C)cc3)cc2)CC(C)(C)C(=O)O)cs1)C(C)C. The molecule has 1 fully saturated rings. The van der Waals surface area contributed by atoms with Gasteiger partial charge in [0.05, 0.1) is 89.2 Å². The zero-order valence-corrected chi connectivity index (χ0v) is 75.2. The fraction of sp³-hybridized carbons (Fsp3) is 0.565. The predicted octanol–water partition coefficient (Wildman–Crippen LogP) is 10.5. The smallest absolute Gasteiger partial charge is 0.411 e. The second-order valence-corrected chi connectivity index (χ2v) is 33.6. The summed E-state index contributed by atoms with van der Waals surface area (Å²) in [4.78, 5) is 162. The van der Waals surface area contributed by atoms with Crippen LogP contribution in [0.3, 0.4) is 0 Å². The number of unbranched alkanes of at least 4 members (excludes halogenated alkanes) is 2. The van der Waals surface area contributed by atoms with Gasteiger partial charge in [-0.1, -0.05) is 141 Å². The van der Waals surface area contributed by atoms with Gasteiger partial charge in [-0.05, 0) is 156 Å². The van der Waals surface area contributed by atoms with Crippen LogP contribution in [0.25, 0.3) is 0 Å². The Morgan fingerprint density at radius 3 is 1.96 bits per heavy atom. The highest BCUT2D eigenvalue weighted by molar-refractivity contribution is 7.09. The second kappa shape index (κ2) is 53.8. The highest BCUT2D eigenvalue weighted by Gasteiger charge is 2.41. The molecule has 125 heavy (non-hydrogen) atoms. The van der Waals surface area contributed by atoms with Crippen LogP contribution >= 0.6 is 11.3 Å². The molecule has 11 N–H and O–H groups in total. The number of hydrogen-bond donors (Lipinski definition) is 10. The van der Waals surface area contributed by atoms with Crippen LogP contribution in [0.15, 0.2) is 102 Å². The number of aliphatic carboxylic acids is 1. The number of fused-ring (bicyclic) bond motifs is 2. The molecule has 0 spiro atoms. The summed E-state index contributed by atoms with van der Waals surface area (Å²) in [6.45, 7) is 22.4. The minimum absolute atomic E-state index is 0.0230. The van der Waals surface area contributed by atoms with Gasteiger partial charge in [0.1, 0.15) is 41.5 Å². The summed E-state index contributed by atoms with van der Waals surface area (Å²) in [5.41, 5.74) is 9.41. The number of amides is 11. The number of para-hydroxylation sites is 1. The molecule has 2 aliphatic rings. The number of carbonyl (C=O) groups is 11. The molecule has 33 heteroatoms. The number of nitrogens with two attached hydrogens (primary N) is 1. The molecule has 0 unspecified atom stereocenters. The van der Waals surface area contributed by atoms with Gasteiger partial charge in [-0.25, -0.2) is 19.6 Å². The van der Waals surface area contributed by atoms with E-state index in [2.05, 4.69) is 61.3 Å². The number of thiazole rings is 1. The molecule has 3 heterocycles. The predicted molar refractivity (Wildman–Crippen MR) is 476 cm³/mol. The first-order valence-corrected chi connectivity index (χ1v) is 44.6. The summed E-state index contributed by atoms with van der Waals surface area (Å²) in [6, 6.07) is 23.1. The summed E-state index contributed by atoms with van der Waals surface area (Å²) in [6.07, 6.45) is 5.24. The topological polar surface area (TPSA) is 417 Å². The van der Waals surface area contributed by atoms with Gasteiger partial charge < -0.3 is 81.4 Å². The summed E-state index contributed by atoms with van der Waals surface area (Å²) < 4.78 is 34.3. The lowest BCUT2D eigenvalue weighted by Gasteiger charge is -2.39. The van der Waals surface area contributed by atoms with Crippen molar-refractivity contribution in [2.75, 3.05) is 108 Å². The Bertz CT molecular complexity index is 4350. The van der Waals surface area contributed by atoms with Crippen molar-refractivity contribution < 1.29 is 91.1 Å². The van der Waals surface area contributed by atoms with Crippen LogP contribution in [0, 0.1) is 35.0 Å². The van der Waals surface area contributed by atoms with E-state index in [1.165, 1.54) is 16.4 Å². The van der Waals surface area contributed by atoms with Crippen molar-refractivity contribution >= 4 is 93.8 Å². The van der Waals surface area contributed by atoms with Crippen molar-refractivity contribution in [1.29, 1.82) is 0 Å². The van der Waals surface area contributed by atoms with Crippen LogP contribution in [0.4, 0.5) is 26.7 Å². The number of rotatable bonds is 55. The van der Waals surface area contributed by atoms with Gasteiger partial charge >= 0.3 is 18.1 Å². The van der Waals surface area contributed by atoms with Crippen LogP contribution < -0.4 is 53.2 Å². The van der Waals surface area contributed by atoms with Crippen molar-refractivity contribution in [3.63, 3.8) is 0 Å². The molecule has 32 nitrogen and oxygen atoms in total. The Balaban J connectivity index is 0.814.